The Morgan fingerprint density at radius 1 is 1.38 bits per heavy atom. The first-order valence-corrected chi connectivity index (χ1v) is 6.07. The van der Waals surface area contributed by atoms with Gasteiger partial charge in [-0.3, -0.25) is 0 Å². The van der Waals surface area contributed by atoms with Crippen LogP contribution < -0.4 is 5.73 Å². The first-order valence-electron chi connectivity index (χ1n) is 5.25. The van der Waals surface area contributed by atoms with Crippen LogP contribution in [-0.2, 0) is 0 Å². The second-order valence-corrected chi connectivity index (χ2v) is 5.15. The van der Waals surface area contributed by atoms with E-state index in [9.17, 15) is 5.11 Å². The first kappa shape index (κ1) is 9.81. The summed E-state index contributed by atoms with van der Waals surface area (Å²) < 4.78 is 0. The number of rotatable bonds is 2. The van der Waals surface area contributed by atoms with Crippen LogP contribution in [0.5, 0.6) is 5.75 Å². The molecular formula is C12H12N2OS. The van der Waals surface area contributed by atoms with Crippen molar-refractivity contribution in [1.82, 2.24) is 4.98 Å². The number of benzene rings is 1. The van der Waals surface area contributed by atoms with Gasteiger partial charge in [0, 0.05) is 23.7 Å². The van der Waals surface area contributed by atoms with Crippen LogP contribution in [0.3, 0.4) is 0 Å². The molecule has 0 radical (unpaired) electrons. The average Bonchev–Trinajstić information content (AvgIpc) is 2.82. The molecule has 3 nitrogen and oxygen atoms in total. The van der Waals surface area contributed by atoms with Crippen LogP contribution in [0.25, 0.3) is 10.4 Å². The molecule has 1 aromatic carbocycles. The van der Waals surface area contributed by atoms with Crippen molar-refractivity contribution in [1.29, 1.82) is 0 Å². The van der Waals surface area contributed by atoms with Crippen molar-refractivity contribution in [2.75, 3.05) is 0 Å². The Hall–Kier alpha value is -1.39. The van der Waals surface area contributed by atoms with Crippen LogP contribution in [-0.4, -0.2) is 16.1 Å². The average molecular weight is 232 g/mol. The molecule has 3 rings (SSSR count). The normalized spacial score (nSPS) is 23.3. The number of phenolic OH excluding ortho intramolecular Hbond substituents is 1. The molecule has 0 unspecified atom stereocenters. The SMILES string of the molecule is N[C@@H]1C[C@@H]1c1ncc(-c2ccccc2O)s1. The second-order valence-electron chi connectivity index (χ2n) is 4.09. The van der Waals surface area contributed by atoms with Gasteiger partial charge in [0.1, 0.15) is 5.75 Å². The standard InChI is InChI=1S/C12H12N2OS/c13-9-5-8(9)12-14-6-11(16-12)7-3-1-2-4-10(7)15/h1-4,6,8-9,15H,5,13H2/t8-,9+/m0/s1. The monoisotopic (exact) mass is 232 g/mol. The van der Waals surface area contributed by atoms with Crippen molar-refractivity contribution >= 4 is 11.3 Å². The fourth-order valence-electron chi connectivity index (χ4n) is 1.76. The minimum absolute atomic E-state index is 0.281. The van der Waals surface area contributed by atoms with Gasteiger partial charge < -0.3 is 10.8 Å². The van der Waals surface area contributed by atoms with E-state index >= 15 is 0 Å². The molecule has 1 aliphatic carbocycles. The van der Waals surface area contributed by atoms with Crippen molar-refractivity contribution in [2.24, 2.45) is 5.73 Å². The molecule has 1 saturated carbocycles. The summed E-state index contributed by atoms with van der Waals surface area (Å²) in [6, 6.07) is 7.61. The lowest BCUT2D eigenvalue weighted by atomic mass is 10.2. The van der Waals surface area contributed by atoms with Gasteiger partial charge in [0.15, 0.2) is 0 Å². The van der Waals surface area contributed by atoms with Gasteiger partial charge in [-0.15, -0.1) is 11.3 Å². The predicted octanol–water partition coefficient (Wildman–Crippen LogP) is 2.33. The molecule has 0 amide bonds. The predicted molar refractivity (Wildman–Crippen MR) is 64.5 cm³/mol. The third kappa shape index (κ3) is 1.60. The van der Waals surface area contributed by atoms with Gasteiger partial charge in [0.25, 0.3) is 0 Å². The highest BCUT2D eigenvalue weighted by molar-refractivity contribution is 7.15. The van der Waals surface area contributed by atoms with E-state index in [1.54, 1.807) is 17.4 Å². The summed E-state index contributed by atoms with van der Waals surface area (Å²) in [7, 11) is 0. The summed E-state index contributed by atoms with van der Waals surface area (Å²) in [5.41, 5.74) is 6.64. The van der Waals surface area contributed by atoms with Crippen molar-refractivity contribution in [3.8, 4) is 16.2 Å². The molecule has 3 N–H and O–H groups in total. The summed E-state index contributed by atoms with van der Waals surface area (Å²) in [4.78, 5) is 5.38. The smallest absolute Gasteiger partial charge is 0.124 e. The van der Waals surface area contributed by atoms with Gasteiger partial charge in [-0.2, -0.15) is 0 Å². The summed E-state index contributed by atoms with van der Waals surface area (Å²) in [5.74, 6) is 0.738. The highest BCUT2D eigenvalue weighted by atomic mass is 32.1. The summed E-state index contributed by atoms with van der Waals surface area (Å²) in [5, 5.41) is 10.8. The fourth-order valence-corrected chi connectivity index (χ4v) is 2.91. The van der Waals surface area contributed by atoms with E-state index in [0.29, 0.717) is 11.7 Å². The molecular weight excluding hydrogens is 220 g/mol. The number of thiazole rings is 1. The summed E-state index contributed by atoms with van der Waals surface area (Å²) in [6.07, 6.45) is 2.85. The van der Waals surface area contributed by atoms with Crippen LogP contribution in [0.1, 0.15) is 17.3 Å². The number of aromatic nitrogens is 1. The molecule has 4 heteroatoms. The van der Waals surface area contributed by atoms with Crippen molar-refractivity contribution < 1.29 is 5.11 Å². The highest BCUT2D eigenvalue weighted by Gasteiger charge is 2.37. The maximum absolute atomic E-state index is 9.73. The van der Waals surface area contributed by atoms with Crippen molar-refractivity contribution in [2.45, 2.75) is 18.4 Å². The Morgan fingerprint density at radius 2 is 2.12 bits per heavy atom. The number of para-hydroxylation sites is 1. The van der Waals surface area contributed by atoms with Gasteiger partial charge in [-0.25, -0.2) is 4.98 Å². The van der Waals surface area contributed by atoms with Crippen LogP contribution >= 0.6 is 11.3 Å². The van der Waals surface area contributed by atoms with E-state index in [-0.39, 0.29) is 6.04 Å². The maximum Gasteiger partial charge on any atom is 0.124 e. The first-order chi connectivity index (χ1) is 7.75. The largest absolute Gasteiger partial charge is 0.507 e. The van der Waals surface area contributed by atoms with Gasteiger partial charge in [-0.05, 0) is 18.6 Å². The molecule has 0 aliphatic heterocycles. The molecule has 1 aromatic heterocycles. The van der Waals surface area contributed by atoms with E-state index in [0.717, 1.165) is 21.9 Å². The zero-order valence-corrected chi connectivity index (χ0v) is 9.45. The van der Waals surface area contributed by atoms with E-state index in [2.05, 4.69) is 4.98 Å². The number of phenols is 1. The minimum atomic E-state index is 0.281. The van der Waals surface area contributed by atoms with Crippen LogP contribution in [0.15, 0.2) is 30.5 Å². The Balaban J connectivity index is 1.95. The number of hydrogen-bond donors (Lipinski definition) is 2. The van der Waals surface area contributed by atoms with Crippen LogP contribution in [0.4, 0.5) is 0 Å². The Kier molecular flexibility index (Phi) is 2.19. The molecule has 2 aromatic rings. The summed E-state index contributed by atoms with van der Waals surface area (Å²) in [6.45, 7) is 0. The molecule has 16 heavy (non-hydrogen) atoms. The Bertz CT molecular complexity index is 523. The van der Waals surface area contributed by atoms with Gasteiger partial charge in [0.05, 0.1) is 9.88 Å². The lowest BCUT2D eigenvalue weighted by Gasteiger charge is -1.99. The van der Waals surface area contributed by atoms with Gasteiger partial charge in [-0.1, -0.05) is 12.1 Å². The third-order valence-corrected chi connectivity index (χ3v) is 4.01. The molecule has 82 valence electrons. The zero-order chi connectivity index (χ0) is 11.1. The molecule has 1 heterocycles. The lowest BCUT2D eigenvalue weighted by Crippen LogP contribution is -2.00. The van der Waals surface area contributed by atoms with E-state index in [1.165, 1.54) is 0 Å². The van der Waals surface area contributed by atoms with E-state index < -0.39 is 0 Å². The second kappa shape index (κ2) is 3.57. The summed E-state index contributed by atoms with van der Waals surface area (Å²) >= 11 is 1.62. The third-order valence-electron chi connectivity index (χ3n) is 2.85. The topological polar surface area (TPSA) is 59.1 Å². The van der Waals surface area contributed by atoms with E-state index in [4.69, 9.17) is 5.73 Å². The molecule has 0 bridgehead atoms. The zero-order valence-electron chi connectivity index (χ0n) is 8.63. The Labute approximate surface area is 97.6 Å². The highest BCUT2D eigenvalue weighted by Crippen LogP contribution is 2.43. The molecule has 1 fully saturated rings. The van der Waals surface area contributed by atoms with Crippen LogP contribution in [0.2, 0.25) is 0 Å². The Morgan fingerprint density at radius 3 is 2.81 bits per heavy atom. The van der Waals surface area contributed by atoms with E-state index in [1.807, 2.05) is 24.4 Å². The minimum Gasteiger partial charge on any atom is -0.507 e. The fraction of sp³-hybridized carbons (Fsp3) is 0.250. The lowest BCUT2D eigenvalue weighted by molar-refractivity contribution is 0.477. The number of hydrogen-bond acceptors (Lipinski definition) is 4. The van der Waals surface area contributed by atoms with Crippen molar-refractivity contribution in [3.05, 3.63) is 35.5 Å². The molecule has 1 aliphatic rings. The molecule has 0 spiro atoms. The maximum atomic E-state index is 9.73. The number of aromatic hydroxyl groups is 1. The number of nitrogens with zero attached hydrogens (tertiary/aromatic N) is 1. The van der Waals surface area contributed by atoms with Gasteiger partial charge >= 0.3 is 0 Å². The van der Waals surface area contributed by atoms with Crippen molar-refractivity contribution in [3.63, 3.8) is 0 Å². The molecule has 0 saturated heterocycles. The quantitative estimate of drug-likeness (QED) is 0.835. The van der Waals surface area contributed by atoms with Crippen LogP contribution in [0, 0.1) is 0 Å². The molecule has 2 atom stereocenters. The van der Waals surface area contributed by atoms with Gasteiger partial charge in [0.2, 0.25) is 0 Å². The number of nitrogens with two attached hydrogens (primary N) is 1.